The third-order valence-electron chi connectivity index (χ3n) is 2.99. The fraction of sp³-hybridized carbons (Fsp3) is 0.786. The molecule has 1 fully saturated rings. The molecule has 22 heavy (non-hydrogen) atoms. The van der Waals surface area contributed by atoms with E-state index in [1.165, 1.54) is 4.90 Å². The molecule has 1 rings (SSSR count). The highest BCUT2D eigenvalue weighted by molar-refractivity contribution is 5.87. The second-order valence-electron chi connectivity index (χ2n) is 6.06. The summed E-state index contributed by atoms with van der Waals surface area (Å²) in [4.78, 5) is 36.2. The smallest absolute Gasteiger partial charge is 0.407 e. The van der Waals surface area contributed by atoms with Gasteiger partial charge in [-0.1, -0.05) is 0 Å². The number of hydrogen-bond donors (Lipinski definition) is 2. The molecule has 2 amide bonds. The Kier molecular flexibility index (Phi) is 6.16. The van der Waals surface area contributed by atoms with Gasteiger partial charge in [0.2, 0.25) is 0 Å². The molecule has 2 atom stereocenters. The summed E-state index contributed by atoms with van der Waals surface area (Å²) in [6.07, 6.45) is -1.63. The number of aliphatic hydroxyl groups is 1. The quantitative estimate of drug-likeness (QED) is 0.694. The maximum Gasteiger partial charge on any atom is 0.407 e. The van der Waals surface area contributed by atoms with Crippen LogP contribution in [-0.4, -0.2) is 65.4 Å². The van der Waals surface area contributed by atoms with E-state index in [-0.39, 0.29) is 26.1 Å². The predicted octanol–water partition coefficient (Wildman–Crippen LogP) is 0.0360. The van der Waals surface area contributed by atoms with Crippen molar-refractivity contribution < 1.29 is 29.0 Å². The highest BCUT2D eigenvalue weighted by Crippen LogP contribution is 2.19. The molecule has 8 nitrogen and oxygen atoms in total. The maximum atomic E-state index is 11.9. The highest BCUT2D eigenvalue weighted by Gasteiger charge is 2.39. The molecular weight excluding hydrogens is 292 g/mol. The largest absolute Gasteiger partial charge is 0.465 e. The normalized spacial score (nSPS) is 21.7. The van der Waals surface area contributed by atoms with Crippen LogP contribution < -0.4 is 5.32 Å². The summed E-state index contributed by atoms with van der Waals surface area (Å²) in [6.45, 7) is 6.94. The van der Waals surface area contributed by atoms with Gasteiger partial charge in [0, 0.05) is 13.0 Å². The van der Waals surface area contributed by atoms with E-state index in [0.717, 1.165) is 0 Å². The molecule has 1 saturated heterocycles. The molecule has 0 radical (unpaired) electrons. The number of aliphatic hydroxyl groups excluding tert-OH is 1. The second-order valence-corrected chi connectivity index (χ2v) is 6.06. The Morgan fingerprint density at radius 2 is 2.05 bits per heavy atom. The van der Waals surface area contributed by atoms with Crippen LogP contribution in [0.25, 0.3) is 0 Å². The van der Waals surface area contributed by atoms with Crippen LogP contribution in [0.1, 0.15) is 34.1 Å². The zero-order valence-electron chi connectivity index (χ0n) is 13.4. The topological polar surface area (TPSA) is 105 Å². The number of carbonyl (C=O) groups is 3. The molecule has 0 unspecified atom stereocenters. The zero-order chi connectivity index (χ0) is 16.9. The molecule has 0 bridgehead atoms. The maximum absolute atomic E-state index is 11.9. The molecule has 1 aliphatic rings. The lowest BCUT2D eigenvalue weighted by atomic mass is 10.2. The molecule has 126 valence electrons. The van der Waals surface area contributed by atoms with Gasteiger partial charge >= 0.3 is 12.1 Å². The van der Waals surface area contributed by atoms with E-state index < -0.39 is 35.7 Å². The van der Waals surface area contributed by atoms with Gasteiger partial charge in [0.1, 0.15) is 18.2 Å². The van der Waals surface area contributed by atoms with Crippen molar-refractivity contribution >= 4 is 18.0 Å². The standard InChI is InChI=1S/C14H24N2O6/c1-5-21-11(18)8-16-9(6-10(17)12(16)19)7-15-13(20)22-14(2,3)4/h9-10,17H,5-8H2,1-4H3,(H,15,20)/t9-,10-/m1/s1. The highest BCUT2D eigenvalue weighted by atomic mass is 16.6. The van der Waals surface area contributed by atoms with Crippen molar-refractivity contribution in [3.05, 3.63) is 0 Å². The summed E-state index contributed by atoms with van der Waals surface area (Å²) in [5.74, 6) is -1.09. The summed E-state index contributed by atoms with van der Waals surface area (Å²) in [6, 6.07) is -0.473. The number of amides is 2. The Bertz CT molecular complexity index is 432. The van der Waals surface area contributed by atoms with Crippen molar-refractivity contribution in [3.63, 3.8) is 0 Å². The molecule has 8 heteroatoms. The van der Waals surface area contributed by atoms with E-state index in [9.17, 15) is 19.5 Å². The number of likely N-dealkylation sites (tertiary alicyclic amines) is 1. The van der Waals surface area contributed by atoms with Crippen LogP contribution in [0.3, 0.4) is 0 Å². The van der Waals surface area contributed by atoms with E-state index in [2.05, 4.69) is 5.32 Å². The fourth-order valence-electron chi connectivity index (χ4n) is 2.12. The van der Waals surface area contributed by atoms with E-state index in [1.807, 2.05) is 0 Å². The van der Waals surface area contributed by atoms with E-state index >= 15 is 0 Å². The Balaban J connectivity index is 2.57. The van der Waals surface area contributed by atoms with Gasteiger partial charge in [0.15, 0.2) is 0 Å². The number of nitrogens with zero attached hydrogens (tertiary/aromatic N) is 1. The van der Waals surface area contributed by atoms with Crippen molar-refractivity contribution in [2.24, 2.45) is 0 Å². The van der Waals surface area contributed by atoms with Crippen molar-refractivity contribution in [1.29, 1.82) is 0 Å². The van der Waals surface area contributed by atoms with Gasteiger partial charge in [-0.2, -0.15) is 0 Å². The molecule has 0 aromatic carbocycles. The number of carbonyl (C=O) groups excluding carboxylic acids is 3. The first-order valence-electron chi connectivity index (χ1n) is 7.25. The summed E-state index contributed by atoms with van der Waals surface area (Å²) in [5.41, 5.74) is -0.625. The first-order valence-corrected chi connectivity index (χ1v) is 7.25. The number of ether oxygens (including phenoxy) is 2. The second kappa shape index (κ2) is 7.44. The fourth-order valence-corrected chi connectivity index (χ4v) is 2.12. The van der Waals surface area contributed by atoms with Gasteiger partial charge in [0.05, 0.1) is 12.6 Å². The SMILES string of the molecule is CCOC(=O)CN1C(=O)[C@H](O)C[C@@H]1CNC(=O)OC(C)(C)C. The van der Waals surface area contributed by atoms with E-state index in [1.54, 1.807) is 27.7 Å². The average molecular weight is 316 g/mol. The Morgan fingerprint density at radius 1 is 1.41 bits per heavy atom. The minimum absolute atomic E-state index is 0.0944. The number of rotatable bonds is 5. The average Bonchev–Trinajstić information content (AvgIpc) is 2.62. The molecule has 0 aromatic rings. The first-order chi connectivity index (χ1) is 10.1. The Labute approximate surface area is 129 Å². The number of hydrogen-bond acceptors (Lipinski definition) is 6. The van der Waals surface area contributed by atoms with Crippen LogP contribution in [0.2, 0.25) is 0 Å². The van der Waals surface area contributed by atoms with Crippen LogP contribution in [0.5, 0.6) is 0 Å². The lowest BCUT2D eigenvalue weighted by Crippen LogP contribution is -2.45. The Hall–Kier alpha value is -1.83. The monoisotopic (exact) mass is 316 g/mol. The summed E-state index contributed by atoms with van der Waals surface area (Å²) < 4.78 is 9.90. The molecule has 2 N–H and O–H groups in total. The third-order valence-corrected chi connectivity index (χ3v) is 2.99. The molecule has 0 spiro atoms. The molecule has 0 aliphatic carbocycles. The van der Waals surface area contributed by atoms with Gasteiger partial charge in [-0.3, -0.25) is 9.59 Å². The number of esters is 1. The molecule has 1 aliphatic heterocycles. The zero-order valence-corrected chi connectivity index (χ0v) is 13.4. The van der Waals surface area contributed by atoms with Crippen molar-refractivity contribution in [3.8, 4) is 0 Å². The lowest BCUT2D eigenvalue weighted by molar-refractivity contribution is -0.149. The minimum atomic E-state index is -1.17. The predicted molar refractivity (Wildman–Crippen MR) is 77.0 cm³/mol. The van der Waals surface area contributed by atoms with Crippen LogP contribution in [0.4, 0.5) is 4.79 Å². The third kappa shape index (κ3) is 5.51. The number of nitrogens with one attached hydrogen (secondary N) is 1. The summed E-state index contributed by atoms with van der Waals surface area (Å²) in [7, 11) is 0. The van der Waals surface area contributed by atoms with Crippen molar-refractivity contribution in [2.75, 3.05) is 19.7 Å². The molecule has 0 aromatic heterocycles. The van der Waals surface area contributed by atoms with Crippen molar-refractivity contribution in [1.82, 2.24) is 10.2 Å². The van der Waals surface area contributed by atoms with Gasteiger partial charge in [-0.25, -0.2) is 4.79 Å². The Morgan fingerprint density at radius 3 is 2.59 bits per heavy atom. The molecule has 1 heterocycles. The van der Waals surface area contributed by atoms with E-state index in [0.29, 0.717) is 0 Å². The van der Waals surface area contributed by atoms with Crippen molar-refractivity contribution in [2.45, 2.75) is 51.9 Å². The van der Waals surface area contributed by atoms with Crippen LogP contribution in [0.15, 0.2) is 0 Å². The van der Waals surface area contributed by atoms with Crippen LogP contribution in [-0.2, 0) is 19.1 Å². The molecular formula is C14H24N2O6. The van der Waals surface area contributed by atoms with Crippen LogP contribution in [0, 0.1) is 0 Å². The van der Waals surface area contributed by atoms with Gasteiger partial charge in [-0.15, -0.1) is 0 Å². The lowest BCUT2D eigenvalue weighted by Gasteiger charge is -2.25. The summed E-state index contributed by atoms with van der Waals surface area (Å²) >= 11 is 0. The van der Waals surface area contributed by atoms with Crippen LogP contribution >= 0.6 is 0 Å². The van der Waals surface area contributed by atoms with E-state index in [4.69, 9.17) is 9.47 Å². The first kappa shape index (κ1) is 18.2. The summed E-state index contributed by atoms with van der Waals surface area (Å²) in [5, 5.41) is 12.2. The van der Waals surface area contributed by atoms with Gasteiger partial charge < -0.3 is 24.8 Å². The molecule has 0 saturated carbocycles. The number of alkyl carbamates (subject to hydrolysis) is 1. The minimum Gasteiger partial charge on any atom is -0.465 e. The van der Waals surface area contributed by atoms with Gasteiger partial charge in [0.25, 0.3) is 5.91 Å². The van der Waals surface area contributed by atoms with Gasteiger partial charge in [-0.05, 0) is 27.7 Å².